The minimum absolute atomic E-state index is 0.666. The normalized spacial score (nSPS) is 10.8. The van der Waals surface area contributed by atoms with Crippen LogP contribution in [0.5, 0.6) is 0 Å². The van der Waals surface area contributed by atoms with Crippen molar-refractivity contribution in [2.75, 3.05) is 6.54 Å². The first-order valence-corrected chi connectivity index (χ1v) is 6.72. The smallest absolute Gasteiger partial charge is 0.0945 e. The van der Waals surface area contributed by atoms with Crippen molar-refractivity contribution in [1.82, 2.24) is 4.98 Å². The predicted octanol–water partition coefficient (Wildman–Crippen LogP) is 3.24. The molecule has 3 heteroatoms. The van der Waals surface area contributed by atoms with E-state index in [4.69, 9.17) is 5.73 Å². The van der Waals surface area contributed by atoms with Crippen molar-refractivity contribution < 1.29 is 0 Å². The number of nitrogens with zero attached hydrogens (tertiary/aromatic N) is 1. The van der Waals surface area contributed by atoms with E-state index in [-0.39, 0.29) is 0 Å². The Morgan fingerprint density at radius 1 is 1.12 bits per heavy atom. The second-order valence-electron chi connectivity index (χ2n) is 4.42. The fourth-order valence-electron chi connectivity index (χ4n) is 1.91. The van der Waals surface area contributed by atoms with Gasteiger partial charge < -0.3 is 5.73 Å². The molecule has 0 aliphatic heterocycles. The Morgan fingerprint density at radius 3 is 2.53 bits per heavy atom. The predicted molar refractivity (Wildman–Crippen MR) is 74.5 cm³/mol. The zero-order valence-corrected chi connectivity index (χ0v) is 11.4. The fraction of sp³-hybridized carbons (Fsp3) is 0.357. The zero-order valence-electron chi connectivity index (χ0n) is 10.6. The van der Waals surface area contributed by atoms with E-state index in [1.54, 1.807) is 11.3 Å². The van der Waals surface area contributed by atoms with Gasteiger partial charge in [0.15, 0.2) is 0 Å². The van der Waals surface area contributed by atoms with Crippen LogP contribution in [0.2, 0.25) is 0 Å². The van der Waals surface area contributed by atoms with Crippen molar-refractivity contribution in [2.45, 2.75) is 27.2 Å². The van der Waals surface area contributed by atoms with E-state index in [9.17, 15) is 0 Å². The zero-order chi connectivity index (χ0) is 12.4. The highest BCUT2D eigenvalue weighted by molar-refractivity contribution is 7.09. The van der Waals surface area contributed by atoms with Crippen LogP contribution in [-0.2, 0) is 6.42 Å². The van der Waals surface area contributed by atoms with Crippen LogP contribution in [0.4, 0.5) is 0 Å². The Bertz CT molecular complexity index is 529. The van der Waals surface area contributed by atoms with Gasteiger partial charge in [0, 0.05) is 17.4 Å². The lowest BCUT2D eigenvalue weighted by molar-refractivity contribution is 0.954. The Labute approximate surface area is 107 Å². The summed E-state index contributed by atoms with van der Waals surface area (Å²) in [6.07, 6.45) is 0.870. The number of aryl methyl sites for hydroxylation is 3. The lowest BCUT2D eigenvalue weighted by Crippen LogP contribution is -2.02. The third-order valence-electron chi connectivity index (χ3n) is 3.03. The molecule has 0 atom stereocenters. The highest BCUT2D eigenvalue weighted by Crippen LogP contribution is 2.27. The van der Waals surface area contributed by atoms with Gasteiger partial charge in [-0.05, 0) is 50.1 Å². The van der Waals surface area contributed by atoms with E-state index in [2.05, 4.69) is 43.3 Å². The first-order valence-electron chi connectivity index (χ1n) is 5.84. The summed E-state index contributed by atoms with van der Waals surface area (Å²) in [4.78, 5) is 4.64. The van der Waals surface area contributed by atoms with E-state index in [1.165, 1.54) is 22.3 Å². The quantitative estimate of drug-likeness (QED) is 0.903. The number of rotatable bonds is 3. The average Bonchev–Trinajstić information content (AvgIpc) is 2.72. The van der Waals surface area contributed by atoms with Gasteiger partial charge in [-0.2, -0.15) is 0 Å². The van der Waals surface area contributed by atoms with Crippen molar-refractivity contribution in [3.8, 4) is 11.3 Å². The fourth-order valence-corrected chi connectivity index (χ4v) is 2.72. The first kappa shape index (κ1) is 12.3. The summed E-state index contributed by atoms with van der Waals surface area (Å²) in [5.74, 6) is 0. The maximum atomic E-state index is 5.55. The van der Waals surface area contributed by atoms with Crippen LogP contribution >= 0.6 is 11.3 Å². The molecule has 90 valence electrons. The van der Waals surface area contributed by atoms with E-state index in [0.29, 0.717) is 6.54 Å². The highest BCUT2D eigenvalue weighted by atomic mass is 32.1. The molecule has 0 bridgehead atoms. The molecular formula is C14H18N2S. The lowest BCUT2D eigenvalue weighted by Gasteiger charge is -2.07. The van der Waals surface area contributed by atoms with Crippen LogP contribution in [0.15, 0.2) is 17.5 Å². The second kappa shape index (κ2) is 4.98. The standard InChI is InChI=1S/C14H18N2S/c1-9-6-11(3)12(7-10(9)2)13-8-17-14(16-13)4-5-15/h6-8H,4-5,15H2,1-3H3. The van der Waals surface area contributed by atoms with Crippen LogP contribution in [0.3, 0.4) is 0 Å². The summed E-state index contributed by atoms with van der Waals surface area (Å²) in [5, 5.41) is 3.25. The molecule has 0 aliphatic carbocycles. The van der Waals surface area contributed by atoms with Gasteiger partial charge in [0.25, 0.3) is 0 Å². The Kier molecular flexibility index (Phi) is 3.60. The molecule has 2 rings (SSSR count). The van der Waals surface area contributed by atoms with Gasteiger partial charge in [-0.1, -0.05) is 6.07 Å². The molecule has 1 aromatic carbocycles. The summed E-state index contributed by atoms with van der Waals surface area (Å²) < 4.78 is 0. The van der Waals surface area contributed by atoms with Crippen molar-refractivity contribution in [2.24, 2.45) is 5.73 Å². The molecule has 0 radical (unpaired) electrons. The van der Waals surface area contributed by atoms with Gasteiger partial charge in [0.2, 0.25) is 0 Å². The summed E-state index contributed by atoms with van der Waals surface area (Å²) in [7, 11) is 0. The van der Waals surface area contributed by atoms with Crippen molar-refractivity contribution in [3.05, 3.63) is 39.2 Å². The van der Waals surface area contributed by atoms with Crippen LogP contribution in [0, 0.1) is 20.8 Å². The lowest BCUT2D eigenvalue weighted by atomic mass is 9.99. The van der Waals surface area contributed by atoms with Gasteiger partial charge in [-0.3, -0.25) is 0 Å². The Hall–Kier alpha value is -1.19. The highest BCUT2D eigenvalue weighted by Gasteiger charge is 2.08. The molecule has 1 aromatic heterocycles. The third kappa shape index (κ3) is 2.56. The molecule has 2 nitrogen and oxygen atoms in total. The summed E-state index contributed by atoms with van der Waals surface area (Å²) in [6, 6.07) is 4.46. The number of thiazole rings is 1. The van der Waals surface area contributed by atoms with Crippen LogP contribution in [0.25, 0.3) is 11.3 Å². The minimum atomic E-state index is 0.666. The molecule has 0 saturated carbocycles. The van der Waals surface area contributed by atoms with E-state index < -0.39 is 0 Å². The van der Waals surface area contributed by atoms with Gasteiger partial charge in [0.05, 0.1) is 10.7 Å². The second-order valence-corrected chi connectivity index (χ2v) is 5.36. The molecule has 0 fully saturated rings. The number of hydrogen-bond acceptors (Lipinski definition) is 3. The number of benzene rings is 1. The molecule has 0 spiro atoms. The first-order chi connectivity index (χ1) is 8.11. The molecular weight excluding hydrogens is 228 g/mol. The van der Waals surface area contributed by atoms with Crippen molar-refractivity contribution in [3.63, 3.8) is 0 Å². The molecule has 0 aliphatic rings. The van der Waals surface area contributed by atoms with Gasteiger partial charge in [-0.15, -0.1) is 11.3 Å². The third-order valence-corrected chi connectivity index (χ3v) is 3.94. The van der Waals surface area contributed by atoms with Crippen LogP contribution in [-0.4, -0.2) is 11.5 Å². The Morgan fingerprint density at radius 2 is 1.82 bits per heavy atom. The molecule has 2 N–H and O–H groups in total. The molecule has 0 amide bonds. The van der Waals surface area contributed by atoms with Crippen molar-refractivity contribution in [1.29, 1.82) is 0 Å². The Balaban J connectivity index is 2.41. The summed E-state index contributed by atoms with van der Waals surface area (Å²) >= 11 is 1.70. The topological polar surface area (TPSA) is 38.9 Å². The molecule has 1 heterocycles. The maximum Gasteiger partial charge on any atom is 0.0945 e. The van der Waals surface area contributed by atoms with Gasteiger partial charge in [-0.25, -0.2) is 4.98 Å². The number of hydrogen-bond donors (Lipinski definition) is 1. The van der Waals surface area contributed by atoms with E-state index in [1.807, 2.05) is 0 Å². The van der Waals surface area contributed by atoms with Crippen LogP contribution < -0.4 is 5.73 Å². The summed E-state index contributed by atoms with van der Waals surface area (Å²) in [5.41, 5.74) is 11.8. The van der Waals surface area contributed by atoms with E-state index in [0.717, 1.165) is 17.1 Å². The number of nitrogens with two attached hydrogens (primary N) is 1. The maximum absolute atomic E-state index is 5.55. The average molecular weight is 246 g/mol. The summed E-state index contributed by atoms with van der Waals surface area (Å²) in [6.45, 7) is 7.10. The van der Waals surface area contributed by atoms with Gasteiger partial charge in [0.1, 0.15) is 0 Å². The van der Waals surface area contributed by atoms with E-state index >= 15 is 0 Å². The molecule has 0 saturated heterocycles. The molecule has 2 aromatic rings. The minimum Gasteiger partial charge on any atom is -0.330 e. The largest absolute Gasteiger partial charge is 0.330 e. The van der Waals surface area contributed by atoms with Gasteiger partial charge >= 0.3 is 0 Å². The molecule has 17 heavy (non-hydrogen) atoms. The number of aromatic nitrogens is 1. The van der Waals surface area contributed by atoms with Crippen LogP contribution in [0.1, 0.15) is 21.7 Å². The SMILES string of the molecule is Cc1cc(C)c(-c2csc(CCN)n2)cc1C. The van der Waals surface area contributed by atoms with Crippen molar-refractivity contribution >= 4 is 11.3 Å². The molecule has 0 unspecified atom stereocenters. The monoisotopic (exact) mass is 246 g/mol.